The van der Waals surface area contributed by atoms with Gasteiger partial charge in [-0.25, -0.2) is 0 Å². The van der Waals surface area contributed by atoms with E-state index in [1.54, 1.807) is 0 Å². The minimum atomic E-state index is -4.48. The van der Waals surface area contributed by atoms with E-state index in [0.29, 0.717) is 45.3 Å². The van der Waals surface area contributed by atoms with Gasteiger partial charge in [0.2, 0.25) is 0 Å². The normalized spacial score (nSPS) is 27.9. The third-order valence-electron chi connectivity index (χ3n) is 8.64. The van der Waals surface area contributed by atoms with E-state index in [-0.39, 0.29) is 48.7 Å². The van der Waals surface area contributed by atoms with Gasteiger partial charge < -0.3 is 33.5 Å². The highest BCUT2D eigenvalue weighted by Crippen LogP contribution is 2.40. The van der Waals surface area contributed by atoms with E-state index in [9.17, 15) is 23.1 Å². The first kappa shape index (κ1) is 37.4. The SMILES string of the molecule is CC(C)OC(=O)CCC/C=C\C[C@@H]1[C@@H](/C=C/[C@H](COc2cccc(C(F)(F)F)c2)OC2CCCCO2)[C@H](OC2CCCCO2)C[C@@H]1O. The van der Waals surface area contributed by atoms with Crippen LogP contribution in [0.1, 0.15) is 90.0 Å². The number of esters is 1. The predicted octanol–water partition coefficient (Wildman–Crippen LogP) is 7.53. The molecule has 1 aliphatic carbocycles. The molecule has 264 valence electrons. The molecule has 11 heteroatoms. The smallest absolute Gasteiger partial charge is 0.416 e. The van der Waals surface area contributed by atoms with Crippen molar-refractivity contribution in [3.8, 4) is 5.75 Å². The van der Waals surface area contributed by atoms with E-state index in [4.69, 9.17) is 28.4 Å². The molecule has 0 radical (unpaired) electrons. The Balaban J connectivity index is 1.45. The van der Waals surface area contributed by atoms with Gasteiger partial charge in [0, 0.05) is 32.0 Å². The number of rotatable bonds is 16. The summed E-state index contributed by atoms with van der Waals surface area (Å²) in [6.07, 6.45) is 9.26. The molecule has 1 aromatic rings. The summed E-state index contributed by atoms with van der Waals surface area (Å²) in [7, 11) is 0. The van der Waals surface area contributed by atoms with Crippen LogP contribution in [0, 0.1) is 11.8 Å². The summed E-state index contributed by atoms with van der Waals surface area (Å²) in [5.74, 6) is -0.424. The molecule has 0 spiro atoms. The Labute approximate surface area is 276 Å². The van der Waals surface area contributed by atoms with Crippen LogP contribution in [0.15, 0.2) is 48.6 Å². The van der Waals surface area contributed by atoms with Crippen LogP contribution in [0.5, 0.6) is 5.75 Å². The van der Waals surface area contributed by atoms with Gasteiger partial charge in [-0.3, -0.25) is 4.79 Å². The zero-order chi connectivity index (χ0) is 33.6. The Hall–Kier alpha value is -2.44. The molecule has 0 aromatic heterocycles. The number of aliphatic hydroxyl groups is 1. The first-order valence-corrected chi connectivity index (χ1v) is 17.1. The van der Waals surface area contributed by atoms with Crippen molar-refractivity contribution in [1.29, 1.82) is 0 Å². The number of hydrogen-bond donors (Lipinski definition) is 1. The molecule has 1 N–H and O–H groups in total. The fraction of sp³-hybridized carbons (Fsp3) is 0.694. The molecule has 3 aliphatic rings. The lowest BCUT2D eigenvalue weighted by Gasteiger charge is -2.30. The lowest BCUT2D eigenvalue weighted by molar-refractivity contribution is -0.193. The molecule has 47 heavy (non-hydrogen) atoms. The van der Waals surface area contributed by atoms with Crippen molar-refractivity contribution in [2.75, 3.05) is 19.8 Å². The van der Waals surface area contributed by atoms with Crippen LogP contribution in [0.25, 0.3) is 0 Å². The Morgan fingerprint density at radius 2 is 1.81 bits per heavy atom. The summed E-state index contributed by atoms with van der Waals surface area (Å²) < 4.78 is 75.2. The maximum absolute atomic E-state index is 13.3. The van der Waals surface area contributed by atoms with E-state index >= 15 is 0 Å². The lowest BCUT2D eigenvalue weighted by atomic mass is 9.89. The monoisotopic (exact) mass is 668 g/mol. The quantitative estimate of drug-likeness (QED) is 0.110. The van der Waals surface area contributed by atoms with E-state index in [1.165, 1.54) is 12.1 Å². The molecule has 2 aliphatic heterocycles. The molecule has 1 aromatic carbocycles. The van der Waals surface area contributed by atoms with E-state index in [2.05, 4.69) is 0 Å². The second-order valence-electron chi connectivity index (χ2n) is 12.8. The maximum atomic E-state index is 13.3. The number of halogens is 3. The van der Waals surface area contributed by atoms with E-state index in [1.807, 2.05) is 38.2 Å². The Bertz CT molecular complexity index is 1130. The van der Waals surface area contributed by atoms with Gasteiger partial charge in [-0.15, -0.1) is 0 Å². The molecule has 2 saturated heterocycles. The second kappa shape index (κ2) is 18.9. The molecule has 7 atom stereocenters. The van der Waals surface area contributed by atoms with Crippen molar-refractivity contribution in [2.24, 2.45) is 11.8 Å². The summed E-state index contributed by atoms with van der Waals surface area (Å²) in [6.45, 7) is 4.85. The summed E-state index contributed by atoms with van der Waals surface area (Å²) in [4.78, 5) is 11.8. The first-order chi connectivity index (χ1) is 22.6. The first-order valence-electron chi connectivity index (χ1n) is 17.1. The molecular weight excluding hydrogens is 617 g/mol. The molecule has 8 nitrogen and oxygen atoms in total. The largest absolute Gasteiger partial charge is 0.491 e. The summed E-state index contributed by atoms with van der Waals surface area (Å²) in [5.41, 5.74) is -0.783. The topological polar surface area (TPSA) is 92.7 Å². The van der Waals surface area contributed by atoms with Crippen molar-refractivity contribution in [2.45, 2.75) is 128 Å². The number of carbonyl (C=O) groups excluding carboxylic acids is 1. The number of aliphatic hydroxyl groups excluding tert-OH is 1. The van der Waals surface area contributed by atoms with Crippen molar-refractivity contribution < 1.29 is 51.5 Å². The van der Waals surface area contributed by atoms with Gasteiger partial charge in [0.1, 0.15) is 18.5 Å². The highest BCUT2D eigenvalue weighted by atomic mass is 19.4. The van der Waals surface area contributed by atoms with Crippen LogP contribution >= 0.6 is 0 Å². The third kappa shape index (κ3) is 12.8. The molecule has 2 unspecified atom stereocenters. The van der Waals surface area contributed by atoms with Gasteiger partial charge in [0.15, 0.2) is 12.6 Å². The van der Waals surface area contributed by atoms with Crippen LogP contribution in [0.2, 0.25) is 0 Å². The van der Waals surface area contributed by atoms with Crippen molar-refractivity contribution in [3.63, 3.8) is 0 Å². The van der Waals surface area contributed by atoms with Gasteiger partial charge >= 0.3 is 12.1 Å². The molecule has 3 fully saturated rings. The van der Waals surface area contributed by atoms with E-state index < -0.39 is 30.2 Å². The van der Waals surface area contributed by atoms with Crippen molar-refractivity contribution in [3.05, 3.63) is 54.1 Å². The fourth-order valence-electron chi connectivity index (χ4n) is 6.25. The molecule has 1 saturated carbocycles. The number of unbranched alkanes of at least 4 members (excludes halogenated alkanes) is 1. The standard InChI is InChI=1S/C36H51F3O8/c1-25(2)45-33(41)15-6-4-3-5-14-29-30(32(23-31(29)40)47-35-17-8-10-21-43-35)19-18-28(46-34-16-7-9-20-42-34)24-44-27-13-11-12-26(22-27)36(37,38)39/h3,5,11-13,18-19,22,25,28-32,34-35,40H,4,6-10,14-17,20-21,23-24H2,1-2H3/b5-3-,19-18+/t28-,29-,30-,31+,32-,34?,35?/m1/s1. The Kier molecular flexibility index (Phi) is 15.1. The number of alkyl halides is 3. The number of benzene rings is 1. The summed E-state index contributed by atoms with van der Waals surface area (Å²) in [6, 6.07) is 4.80. The summed E-state index contributed by atoms with van der Waals surface area (Å²) >= 11 is 0. The second-order valence-corrected chi connectivity index (χ2v) is 12.8. The average molecular weight is 669 g/mol. The van der Waals surface area contributed by atoms with Crippen LogP contribution in [0.3, 0.4) is 0 Å². The Morgan fingerprint density at radius 1 is 1.06 bits per heavy atom. The lowest BCUT2D eigenvalue weighted by Crippen LogP contribution is -2.32. The number of allylic oxidation sites excluding steroid dienone is 2. The minimum absolute atomic E-state index is 0.0198. The van der Waals surface area contributed by atoms with Crippen molar-refractivity contribution in [1.82, 2.24) is 0 Å². The fourth-order valence-corrected chi connectivity index (χ4v) is 6.25. The third-order valence-corrected chi connectivity index (χ3v) is 8.64. The van der Waals surface area contributed by atoms with Crippen LogP contribution in [0.4, 0.5) is 13.2 Å². The highest BCUT2D eigenvalue weighted by Gasteiger charge is 2.42. The predicted molar refractivity (Wildman–Crippen MR) is 169 cm³/mol. The molecule has 2 heterocycles. The van der Waals surface area contributed by atoms with Gasteiger partial charge in [-0.1, -0.05) is 30.4 Å². The van der Waals surface area contributed by atoms with Gasteiger partial charge in [-0.05, 0) is 95.8 Å². The number of hydrogen-bond acceptors (Lipinski definition) is 8. The number of carbonyl (C=O) groups is 1. The molecule has 0 bridgehead atoms. The highest BCUT2D eigenvalue weighted by molar-refractivity contribution is 5.69. The molecular formula is C36H51F3O8. The zero-order valence-electron chi connectivity index (χ0n) is 27.6. The van der Waals surface area contributed by atoms with Gasteiger partial charge in [0.25, 0.3) is 0 Å². The Morgan fingerprint density at radius 3 is 2.49 bits per heavy atom. The van der Waals surface area contributed by atoms with Crippen molar-refractivity contribution >= 4 is 5.97 Å². The molecule has 0 amide bonds. The average Bonchev–Trinajstić information content (AvgIpc) is 3.33. The van der Waals surface area contributed by atoms with Gasteiger partial charge in [-0.2, -0.15) is 13.2 Å². The zero-order valence-corrected chi connectivity index (χ0v) is 27.6. The van der Waals surface area contributed by atoms with Crippen LogP contribution in [-0.2, 0) is 34.7 Å². The summed E-state index contributed by atoms with van der Waals surface area (Å²) in [5, 5.41) is 11.2. The van der Waals surface area contributed by atoms with Gasteiger partial charge in [0.05, 0.1) is 23.9 Å². The maximum Gasteiger partial charge on any atom is 0.416 e. The minimum Gasteiger partial charge on any atom is -0.491 e. The van der Waals surface area contributed by atoms with E-state index in [0.717, 1.165) is 50.7 Å². The van der Waals surface area contributed by atoms with Crippen LogP contribution in [-0.4, -0.2) is 67.9 Å². The van der Waals surface area contributed by atoms with Crippen LogP contribution < -0.4 is 4.74 Å². The molecule has 4 rings (SSSR count). The number of ether oxygens (including phenoxy) is 6.